The van der Waals surface area contributed by atoms with Gasteiger partial charge in [0.2, 0.25) is 0 Å². The monoisotopic (exact) mass is 165 g/mol. The van der Waals surface area contributed by atoms with Crippen molar-refractivity contribution >= 4 is 0 Å². The number of nitrogens with zero attached hydrogens (tertiary/aromatic N) is 2. The van der Waals surface area contributed by atoms with Crippen LogP contribution in [0.25, 0.3) is 0 Å². The van der Waals surface area contributed by atoms with E-state index in [9.17, 15) is 0 Å². The van der Waals surface area contributed by atoms with E-state index in [1.54, 1.807) is 0 Å². The Balaban J connectivity index is 3.10. The van der Waals surface area contributed by atoms with Crippen molar-refractivity contribution in [2.24, 2.45) is 7.05 Å². The third kappa shape index (κ3) is 1.63. The van der Waals surface area contributed by atoms with Gasteiger partial charge in [-0.1, -0.05) is 25.8 Å². The molecule has 0 unspecified atom stereocenters. The highest BCUT2D eigenvalue weighted by atomic mass is 15.0. The van der Waals surface area contributed by atoms with E-state index in [1.807, 2.05) is 19.6 Å². The summed E-state index contributed by atoms with van der Waals surface area (Å²) in [6, 6.07) is 2.09. The zero-order valence-corrected chi connectivity index (χ0v) is 8.33. The minimum absolute atomic E-state index is 0.248. The van der Waals surface area contributed by atoms with Crippen LogP contribution in [0.4, 0.5) is 0 Å². The second kappa shape index (κ2) is 3.21. The lowest BCUT2D eigenvalue weighted by atomic mass is 9.86. The Bertz CT molecular complexity index is 266. The van der Waals surface area contributed by atoms with Crippen LogP contribution in [-0.4, -0.2) is 4.98 Å². The lowest BCUT2D eigenvalue weighted by molar-refractivity contribution is -0.685. The van der Waals surface area contributed by atoms with Gasteiger partial charge >= 0.3 is 0 Å². The van der Waals surface area contributed by atoms with Crippen LogP contribution in [-0.2, 0) is 12.5 Å². The second-order valence-corrected chi connectivity index (χ2v) is 3.81. The SMILES string of the molecule is CCC(C)(C)c1ccnc[n+]1C. The molecule has 0 saturated carbocycles. The van der Waals surface area contributed by atoms with E-state index in [1.165, 1.54) is 5.69 Å². The van der Waals surface area contributed by atoms with Crippen LogP contribution in [0.2, 0.25) is 0 Å². The Morgan fingerprint density at radius 3 is 2.67 bits per heavy atom. The summed E-state index contributed by atoms with van der Waals surface area (Å²) in [7, 11) is 2.04. The van der Waals surface area contributed by atoms with E-state index in [0.717, 1.165) is 6.42 Å². The summed E-state index contributed by atoms with van der Waals surface area (Å²) in [6.45, 7) is 6.71. The zero-order valence-electron chi connectivity index (χ0n) is 8.33. The van der Waals surface area contributed by atoms with Gasteiger partial charge in [0.1, 0.15) is 11.9 Å². The molecule has 1 heterocycles. The maximum atomic E-state index is 4.06. The van der Waals surface area contributed by atoms with Gasteiger partial charge in [0.05, 0.1) is 7.05 Å². The molecule has 0 aromatic carbocycles. The topological polar surface area (TPSA) is 16.8 Å². The van der Waals surface area contributed by atoms with Crippen molar-refractivity contribution in [2.45, 2.75) is 32.6 Å². The van der Waals surface area contributed by atoms with Crippen LogP contribution in [0.3, 0.4) is 0 Å². The fourth-order valence-electron chi connectivity index (χ4n) is 1.32. The standard InChI is InChI=1S/C10H17N2/c1-5-10(2,3)9-6-7-11-8-12(9)4/h6-8H,5H2,1-4H3/q+1. The molecule has 0 N–H and O–H groups in total. The van der Waals surface area contributed by atoms with Gasteiger partial charge in [-0.2, -0.15) is 0 Å². The van der Waals surface area contributed by atoms with Crippen LogP contribution >= 0.6 is 0 Å². The molecule has 0 aliphatic rings. The van der Waals surface area contributed by atoms with E-state index in [0.29, 0.717) is 0 Å². The Hall–Kier alpha value is -0.920. The third-order valence-electron chi connectivity index (χ3n) is 2.52. The molecule has 0 bridgehead atoms. The molecule has 2 nitrogen and oxygen atoms in total. The van der Waals surface area contributed by atoms with Gasteiger partial charge in [0.25, 0.3) is 6.33 Å². The Morgan fingerprint density at radius 1 is 1.50 bits per heavy atom. The van der Waals surface area contributed by atoms with Crippen LogP contribution in [0.5, 0.6) is 0 Å². The number of rotatable bonds is 2. The molecule has 0 amide bonds. The summed E-state index contributed by atoms with van der Waals surface area (Å²) in [5.41, 5.74) is 1.58. The molecule has 0 radical (unpaired) electrons. The average Bonchev–Trinajstić information content (AvgIpc) is 2.05. The Kier molecular flexibility index (Phi) is 2.46. The lowest BCUT2D eigenvalue weighted by Crippen LogP contribution is -2.40. The van der Waals surface area contributed by atoms with Crippen molar-refractivity contribution in [3.05, 3.63) is 24.3 Å². The van der Waals surface area contributed by atoms with Gasteiger partial charge < -0.3 is 0 Å². The number of hydrogen-bond acceptors (Lipinski definition) is 1. The predicted octanol–water partition coefficient (Wildman–Crippen LogP) is 1.59. The van der Waals surface area contributed by atoms with E-state index in [4.69, 9.17) is 0 Å². The molecule has 2 heteroatoms. The first-order valence-electron chi connectivity index (χ1n) is 4.38. The highest BCUT2D eigenvalue weighted by Gasteiger charge is 2.23. The molecule has 0 fully saturated rings. The smallest absolute Gasteiger partial charge is 0.236 e. The minimum Gasteiger partial charge on any atom is -0.236 e. The minimum atomic E-state index is 0.248. The van der Waals surface area contributed by atoms with Crippen molar-refractivity contribution in [1.29, 1.82) is 0 Å². The molecule has 0 aliphatic heterocycles. The van der Waals surface area contributed by atoms with Crippen molar-refractivity contribution < 1.29 is 4.57 Å². The molecule has 0 saturated heterocycles. The van der Waals surface area contributed by atoms with E-state index in [-0.39, 0.29) is 5.41 Å². The maximum absolute atomic E-state index is 4.06. The molecule has 1 aromatic rings. The Morgan fingerprint density at radius 2 is 2.17 bits per heavy atom. The van der Waals surface area contributed by atoms with Crippen molar-refractivity contribution in [3.63, 3.8) is 0 Å². The van der Waals surface area contributed by atoms with Crippen molar-refractivity contribution in [1.82, 2.24) is 4.98 Å². The van der Waals surface area contributed by atoms with Crippen LogP contribution in [0, 0.1) is 0 Å². The molecule has 66 valence electrons. The molecule has 0 atom stereocenters. The highest BCUT2D eigenvalue weighted by Crippen LogP contribution is 2.22. The number of aryl methyl sites for hydroxylation is 1. The summed E-state index contributed by atoms with van der Waals surface area (Å²) in [5.74, 6) is 0. The molecule has 0 spiro atoms. The molecule has 1 aromatic heterocycles. The third-order valence-corrected chi connectivity index (χ3v) is 2.52. The van der Waals surface area contributed by atoms with Crippen molar-refractivity contribution in [2.75, 3.05) is 0 Å². The number of hydrogen-bond donors (Lipinski definition) is 0. The van der Waals surface area contributed by atoms with Gasteiger partial charge in [0, 0.05) is 11.5 Å². The lowest BCUT2D eigenvalue weighted by Gasteiger charge is -2.21. The first-order chi connectivity index (χ1) is 5.58. The normalized spacial score (nSPS) is 11.7. The summed E-state index contributed by atoms with van der Waals surface area (Å²) < 4.78 is 2.09. The first-order valence-corrected chi connectivity index (χ1v) is 4.38. The molecular weight excluding hydrogens is 148 g/mol. The fourth-order valence-corrected chi connectivity index (χ4v) is 1.32. The van der Waals surface area contributed by atoms with Gasteiger partial charge in [-0.05, 0) is 6.42 Å². The van der Waals surface area contributed by atoms with Crippen LogP contribution < -0.4 is 4.57 Å². The predicted molar refractivity (Wildman–Crippen MR) is 48.7 cm³/mol. The van der Waals surface area contributed by atoms with E-state index in [2.05, 4.69) is 36.4 Å². The van der Waals surface area contributed by atoms with Crippen molar-refractivity contribution in [3.8, 4) is 0 Å². The largest absolute Gasteiger partial charge is 0.286 e. The number of aromatic nitrogens is 2. The van der Waals surface area contributed by atoms with Gasteiger partial charge in [-0.15, -0.1) is 0 Å². The zero-order chi connectivity index (χ0) is 9.19. The highest BCUT2D eigenvalue weighted by molar-refractivity contribution is 5.05. The Labute approximate surface area is 74.3 Å². The van der Waals surface area contributed by atoms with Gasteiger partial charge in [0.15, 0.2) is 0 Å². The van der Waals surface area contributed by atoms with Gasteiger partial charge in [-0.3, -0.25) is 0 Å². The molecule has 12 heavy (non-hydrogen) atoms. The van der Waals surface area contributed by atoms with Crippen LogP contribution in [0.15, 0.2) is 18.6 Å². The van der Waals surface area contributed by atoms with Crippen LogP contribution in [0.1, 0.15) is 32.9 Å². The second-order valence-electron chi connectivity index (χ2n) is 3.81. The average molecular weight is 165 g/mol. The summed E-state index contributed by atoms with van der Waals surface area (Å²) in [5, 5.41) is 0. The quantitative estimate of drug-likeness (QED) is 0.608. The summed E-state index contributed by atoms with van der Waals surface area (Å²) in [6.07, 6.45) is 4.85. The maximum Gasteiger partial charge on any atom is 0.286 e. The molecular formula is C10H17N2+. The summed E-state index contributed by atoms with van der Waals surface area (Å²) in [4.78, 5) is 4.06. The fraction of sp³-hybridized carbons (Fsp3) is 0.600. The summed E-state index contributed by atoms with van der Waals surface area (Å²) >= 11 is 0. The van der Waals surface area contributed by atoms with Gasteiger partial charge in [-0.25, -0.2) is 4.57 Å². The van der Waals surface area contributed by atoms with E-state index < -0.39 is 0 Å². The first kappa shape index (κ1) is 9.17. The molecule has 0 aliphatic carbocycles. The molecule has 1 rings (SSSR count). The van der Waals surface area contributed by atoms with E-state index >= 15 is 0 Å².